The first kappa shape index (κ1) is 20.2. The largest absolute Gasteiger partial charge is 0.456 e. The van der Waals surface area contributed by atoms with Crippen molar-refractivity contribution in [3.05, 3.63) is 59.4 Å². The van der Waals surface area contributed by atoms with Gasteiger partial charge in [-0.05, 0) is 36.4 Å². The van der Waals surface area contributed by atoms with E-state index in [1.54, 1.807) is 36.4 Å². The van der Waals surface area contributed by atoms with E-state index in [-0.39, 0.29) is 17.6 Å². The number of carbonyl (C=O) groups excluding carboxylic acids is 1. The van der Waals surface area contributed by atoms with Gasteiger partial charge in [0.2, 0.25) is 5.91 Å². The summed E-state index contributed by atoms with van der Waals surface area (Å²) in [7, 11) is 1.91. The first-order valence-corrected chi connectivity index (χ1v) is 10.1. The third-order valence-corrected chi connectivity index (χ3v) is 5.25. The third kappa shape index (κ3) is 5.05. The van der Waals surface area contributed by atoms with E-state index >= 15 is 0 Å². The number of hydrogen-bond acceptors (Lipinski definition) is 5. The second-order valence-electron chi connectivity index (χ2n) is 6.45. The van der Waals surface area contributed by atoms with Crippen LogP contribution in [0.15, 0.2) is 53.7 Å². The van der Waals surface area contributed by atoms with Crippen molar-refractivity contribution >= 4 is 35.0 Å². The number of anilines is 1. The Labute approximate surface area is 173 Å². The molecule has 3 aromatic rings. The average Bonchev–Trinajstić information content (AvgIpc) is 3.04. The van der Waals surface area contributed by atoms with Gasteiger partial charge in [0.05, 0.1) is 10.8 Å². The van der Waals surface area contributed by atoms with Crippen molar-refractivity contribution in [3.8, 4) is 11.5 Å². The molecule has 1 aromatic heterocycles. The van der Waals surface area contributed by atoms with Crippen molar-refractivity contribution in [2.24, 2.45) is 7.05 Å². The molecule has 146 valence electrons. The number of halogens is 1. The molecule has 0 aliphatic heterocycles. The van der Waals surface area contributed by atoms with Crippen LogP contribution in [0.3, 0.4) is 0 Å². The number of para-hydroxylation sites is 1. The molecule has 6 nitrogen and oxygen atoms in total. The normalized spacial score (nSPS) is 10.9. The summed E-state index contributed by atoms with van der Waals surface area (Å²) in [6.45, 7) is 4.12. The number of nitrogens with zero attached hydrogens (tertiary/aromatic N) is 3. The van der Waals surface area contributed by atoms with E-state index in [9.17, 15) is 4.79 Å². The molecule has 1 heterocycles. The molecule has 0 aliphatic carbocycles. The van der Waals surface area contributed by atoms with Crippen LogP contribution in [0.5, 0.6) is 11.5 Å². The second-order valence-corrected chi connectivity index (χ2v) is 7.80. The van der Waals surface area contributed by atoms with E-state index in [4.69, 9.17) is 16.3 Å². The summed E-state index contributed by atoms with van der Waals surface area (Å²) in [5.41, 5.74) is 0.693. The summed E-state index contributed by atoms with van der Waals surface area (Å²) >= 11 is 7.45. The molecule has 0 saturated heterocycles. The fraction of sp³-hybridized carbons (Fsp3) is 0.250. The molecule has 8 heteroatoms. The number of aromatic nitrogens is 3. The average molecular weight is 417 g/mol. The topological polar surface area (TPSA) is 69.0 Å². The smallest absolute Gasteiger partial charge is 0.234 e. The van der Waals surface area contributed by atoms with Gasteiger partial charge in [0.1, 0.15) is 17.3 Å². The lowest BCUT2D eigenvalue weighted by atomic mass is 10.2. The maximum atomic E-state index is 12.2. The highest BCUT2D eigenvalue weighted by Gasteiger charge is 2.13. The van der Waals surface area contributed by atoms with Gasteiger partial charge >= 0.3 is 0 Å². The van der Waals surface area contributed by atoms with Crippen LogP contribution in [0, 0.1) is 0 Å². The van der Waals surface area contributed by atoms with E-state index in [1.807, 2.05) is 23.7 Å². The summed E-state index contributed by atoms with van der Waals surface area (Å²) in [5, 5.41) is 12.4. The van der Waals surface area contributed by atoms with Crippen molar-refractivity contribution in [3.63, 3.8) is 0 Å². The maximum Gasteiger partial charge on any atom is 0.234 e. The molecule has 0 saturated carbocycles. The van der Waals surface area contributed by atoms with E-state index < -0.39 is 0 Å². The van der Waals surface area contributed by atoms with Crippen LogP contribution in [0.25, 0.3) is 0 Å². The minimum atomic E-state index is -0.112. The predicted molar refractivity (Wildman–Crippen MR) is 112 cm³/mol. The first-order valence-electron chi connectivity index (χ1n) is 8.78. The lowest BCUT2D eigenvalue weighted by Crippen LogP contribution is -2.14. The van der Waals surface area contributed by atoms with Crippen LogP contribution < -0.4 is 10.1 Å². The Hall–Kier alpha value is -2.51. The zero-order chi connectivity index (χ0) is 20.1. The molecule has 1 N–H and O–H groups in total. The van der Waals surface area contributed by atoms with E-state index in [2.05, 4.69) is 29.4 Å². The summed E-state index contributed by atoms with van der Waals surface area (Å²) in [5.74, 6) is 2.55. The number of amides is 1. The monoisotopic (exact) mass is 416 g/mol. The Kier molecular flexibility index (Phi) is 6.59. The molecule has 0 radical (unpaired) electrons. The Bertz CT molecular complexity index is 957. The number of rotatable bonds is 7. The van der Waals surface area contributed by atoms with E-state index in [0.29, 0.717) is 22.2 Å². The van der Waals surface area contributed by atoms with Gasteiger partial charge < -0.3 is 14.6 Å². The van der Waals surface area contributed by atoms with E-state index in [1.165, 1.54) is 11.8 Å². The Balaban J connectivity index is 1.54. The minimum absolute atomic E-state index is 0.112. The zero-order valence-corrected chi connectivity index (χ0v) is 17.4. The van der Waals surface area contributed by atoms with Crippen LogP contribution in [-0.4, -0.2) is 26.4 Å². The van der Waals surface area contributed by atoms with Gasteiger partial charge in [-0.3, -0.25) is 4.79 Å². The van der Waals surface area contributed by atoms with Crippen LogP contribution >= 0.6 is 23.4 Å². The van der Waals surface area contributed by atoms with Crippen molar-refractivity contribution in [2.75, 3.05) is 11.1 Å². The Morgan fingerprint density at radius 1 is 1.18 bits per heavy atom. The Morgan fingerprint density at radius 3 is 2.54 bits per heavy atom. The SMILES string of the molecule is CC(C)c1nnc(SCC(=O)Nc2ccc(Oc3ccccc3Cl)cc2)n1C. The lowest BCUT2D eigenvalue weighted by Gasteiger charge is -2.09. The molecule has 0 atom stereocenters. The number of ether oxygens (including phenoxy) is 1. The highest BCUT2D eigenvalue weighted by molar-refractivity contribution is 7.99. The fourth-order valence-electron chi connectivity index (χ4n) is 2.54. The maximum absolute atomic E-state index is 12.2. The summed E-state index contributed by atoms with van der Waals surface area (Å²) < 4.78 is 7.66. The van der Waals surface area contributed by atoms with Gasteiger partial charge in [0, 0.05) is 18.7 Å². The fourth-order valence-corrected chi connectivity index (χ4v) is 3.43. The molecule has 1 amide bonds. The molecule has 0 fully saturated rings. The zero-order valence-electron chi connectivity index (χ0n) is 15.8. The van der Waals surface area contributed by atoms with E-state index in [0.717, 1.165) is 11.0 Å². The summed E-state index contributed by atoms with van der Waals surface area (Å²) in [4.78, 5) is 12.2. The lowest BCUT2D eigenvalue weighted by molar-refractivity contribution is -0.113. The van der Waals surface area contributed by atoms with Gasteiger partial charge in [-0.25, -0.2) is 0 Å². The van der Waals surface area contributed by atoms with Crippen LogP contribution in [0.2, 0.25) is 5.02 Å². The summed E-state index contributed by atoms with van der Waals surface area (Å²) in [6, 6.07) is 14.4. The highest BCUT2D eigenvalue weighted by Crippen LogP contribution is 2.29. The number of benzene rings is 2. The Morgan fingerprint density at radius 2 is 1.89 bits per heavy atom. The minimum Gasteiger partial charge on any atom is -0.456 e. The van der Waals surface area contributed by atoms with Crippen LogP contribution in [-0.2, 0) is 11.8 Å². The van der Waals surface area contributed by atoms with Crippen LogP contribution in [0.1, 0.15) is 25.6 Å². The first-order chi connectivity index (χ1) is 13.4. The van der Waals surface area contributed by atoms with Gasteiger partial charge in [-0.1, -0.05) is 49.3 Å². The number of nitrogens with one attached hydrogen (secondary N) is 1. The molecule has 0 spiro atoms. The van der Waals surface area contributed by atoms with Crippen molar-refractivity contribution in [1.29, 1.82) is 0 Å². The molecule has 2 aromatic carbocycles. The molecule has 0 unspecified atom stereocenters. The number of hydrogen-bond donors (Lipinski definition) is 1. The molecular weight excluding hydrogens is 396 g/mol. The number of carbonyl (C=O) groups is 1. The molecular formula is C20H21ClN4O2S. The van der Waals surface area contributed by atoms with Gasteiger partial charge in [-0.2, -0.15) is 0 Å². The van der Waals surface area contributed by atoms with Crippen LogP contribution in [0.4, 0.5) is 5.69 Å². The molecule has 0 aliphatic rings. The van der Waals surface area contributed by atoms with Gasteiger partial charge in [-0.15, -0.1) is 10.2 Å². The van der Waals surface area contributed by atoms with Gasteiger partial charge in [0.25, 0.3) is 0 Å². The standard InChI is InChI=1S/C20H21ClN4O2S/c1-13(2)19-23-24-20(25(19)3)28-12-18(26)22-14-8-10-15(11-9-14)27-17-7-5-4-6-16(17)21/h4-11,13H,12H2,1-3H3,(H,22,26). The predicted octanol–water partition coefficient (Wildman–Crippen LogP) is 5.12. The van der Waals surface area contributed by atoms with Gasteiger partial charge in [0.15, 0.2) is 5.16 Å². The van der Waals surface area contributed by atoms with Crippen molar-refractivity contribution < 1.29 is 9.53 Å². The third-order valence-electron chi connectivity index (χ3n) is 3.92. The molecule has 0 bridgehead atoms. The summed E-state index contributed by atoms with van der Waals surface area (Å²) in [6.07, 6.45) is 0. The van der Waals surface area contributed by atoms with Crippen molar-refractivity contribution in [1.82, 2.24) is 14.8 Å². The van der Waals surface area contributed by atoms with Crippen molar-refractivity contribution in [2.45, 2.75) is 24.9 Å². The number of thioether (sulfide) groups is 1. The molecule has 3 rings (SSSR count). The highest BCUT2D eigenvalue weighted by atomic mass is 35.5. The second kappa shape index (κ2) is 9.12. The quantitative estimate of drug-likeness (QED) is 0.541. The molecule has 28 heavy (non-hydrogen) atoms.